The molecular formula is C17H32N2O. The van der Waals surface area contributed by atoms with Crippen molar-refractivity contribution in [2.45, 2.75) is 77.2 Å². The Labute approximate surface area is 124 Å². The van der Waals surface area contributed by atoms with Crippen LogP contribution in [0.4, 0.5) is 0 Å². The fraction of sp³-hybridized carbons (Fsp3) is 0.941. The molecule has 3 N–H and O–H groups in total. The number of carbonyl (C=O) groups excluding carboxylic acids is 1. The Morgan fingerprint density at radius 1 is 1.10 bits per heavy atom. The Morgan fingerprint density at radius 3 is 2.55 bits per heavy atom. The molecule has 2 saturated carbocycles. The lowest BCUT2D eigenvalue weighted by molar-refractivity contribution is -0.121. The third kappa shape index (κ3) is 5.43. The van der Waals surface area contributed by atoms with Gasteiger partial charge in [-0.15, -0.1) is 0 Å². The van der Waals surface area contributed by atoms with Crippen LogP contribution in [0.25, 0.3) is 0 Å². The first-order chi connectivity index (χ1) is 9.63. The first kappa shape index (κ1) is 15.8. The molecule has 0 radical (unpaired) electrons. The van der Waals surface area contributed by atoms with Crippen LogP contribution in [0.3, 0.4) is 0 Å². The highest BCUT2D eigenvalue weighted by atomic mass is 16.1. The molecule has 2 fully saturated rings. The molecule has 0 spiro atoms. The molecule has 0 bridgehead atoms. The maximum Gasteiger partial charge on any atom is 0.220 e. The van der Waals surface area contributed by atoms with E-state index in [4.69, 9.17) is 5.73 Å². The fourth-order valence-corrected chi connectivity index (χ4v) is 3.90. The van der Waals surface area contributed by atoms with Gasteiger partial charge in [0.2, 0.25) is 5.91 Å². The van der Waals surface area contributed by atoms with Gasteiger partial charge in [-0.3, -0.25) is 4.79 Å². The lowest BCUT2D eigenvalue weighted by atomic mass is 9.82. The van der Waals surface area contributed by atoms with E-state index in [2.05, 4.69) is 12.2 Å². The van der Waals surface area contributed by atoms with Crippen molar-refractivity contribution in [3.63, 3.8) is 0 Å². The van der Waals surface area contributed by atoms with Crippen LogP contribution < -0.4 is 11.1 Å². The number of rotatable bonds is 5. The van der Waals surface area contributed by atoms with Gasteiger partial charge in [-0.1, -0.05) is 19.8 Å². The summed E-state index contributed by atoms with van der Waals surface area (Å²) >= 11 is 0. The van der Waals surface area contributed by atoms with Crippen LogP contribution in [0.2, 0.25) is 0 Å². The molecular weight excluding hydrogens is 248 g/mol. The van der Waals surface area contributed by atoms with E-state index < -0.39 is 0 Å². The Hall–Kier alpha value is -0.570. The van der Waals surface area contributed by atoms with Crippen molar-refractivity contribution in [1.29, 1.82) is 0 Å². The molecule has 2 rings (SSSR count). The molecule has 2 aliphatic rings. The summed E-state index contributed by atoms with van der Waals surface area (Å²) in [4.78, 5) is 11.9. The minimum atomic E-state index is 0.262. The second-order valence-electron chi connectivity index (χ2n) is 7.26. The first-order valence-corrected chi connectivity index (χ1v) is 8.65. The summed E-state index contributed by atoms with van der Waals surface area (Å²) in [5.41, 5.74) is 5.92. The molecule has 0 aliphatic heterocycles. The van der Waals surface area contributed by atoms with E-state index in [-0.39, 0.29) is 5.91 Å². The highest BCUT2D eigenvalue weighted by Gasteiger charge is 2.21. The van der Waals surface area contributed by atoms with Crippen LogP contribution in [-0.2, 0) is 4.79 Å². The fourth-order valence-electron chi connectivity index (χ4n) is 3.90. The van der Waals surface area contributed by atoms with Crippen LogP contribution in [0.5, 0.6) is 0 Å². The van der Waals surface area contributed by atoms with Crippen molar-refractivity contribution >= 4 is 5.91 Å². The van der Waals surface area contributed by atoms with E-state index in [0.29, 0.717) is 12.5 Å². The lowest BCUT2D eigenvalue weighted by Crippen LogP contribution is -2.32. The van der Waals surface area contributed by atoms with Crippen LogP contribution in [0.15, 0.2) is 0 Å². The monoisotopic (exact) mass is 280 g/mol. The standard InChI is InChI=1S/C17H32N2O/c1-13-3-2-4-15(11-13)12-19-17(20)10-7-14-5-8-16(18)9-6-14/h13-16H,2-12,18H2,1H3,(H,19,20). The normalized spacial score (nSPS) is 34.7. The van der Waals surface area contributed by atoms with Crippen molar-refractivity contribution in [3.8, 4) is 0 Å². The van der Waals surface area contributed by atoms with Gasteiger partial charge in [0.25, 0.3) is 0 Å². The van der Waals surface area contributed by atoms with Gasteiger partial charge >= 0.3 is 0 Å². The maximum absolute atomic E-state index is 11.9. The molecule has 0 aromatic heterocycles. The molecule has 3 nitrogen and oxygen atoms in total. The summed E-state index contributed by atoms with van der Waals surface area (Å²) < 4.78 is 0. The number of carbonyl (C=O) groups is 1. The first-order valence-electron chi connectivity index (χ1n) is 8.65. The van der Waals surface area contributed by atoms with E-state index >= 15 is 0 Å². The van der Waals surface area contributed by atoms with Gasteiger partial charge in [0.1, 0.15) is 0 Å². The second-order valence-corrected chi connectivity index (χ2v) is 7.26. The van der Waals surface area contributed by atoms with E-state index in [9.17, 15) is 4.79 Å². The zero-order chi connectivity index (χ0) is 14.4. The molecule has 0 aromatic carbocycles. The molecule has 1 amide bonds. The quantitative estimate of drug-likeness (QED) is 0.812. The number of nitrogens with one attached hydrogen (secondary N) is 1. The molecule has 2 aliphatic carbocycles. The minimum absolute atomic E-state index is 0.262. The Balaban J connectivity index is 1.56. The summed E-state index contributed by atoms with van der Waals surface area (Å²) in [6.45, 7) is 3.24. The number of amides is 1. The molecule has 2 atom stereocenters. The van der Waals surface area contributed by atoms with E-state index in [0.717, 1.165) is 43.6 Å². The van der Waals surface area contributed by atoms with Crippen molar-refractivity contribution in [3.05, 3.63) is 0 Å². The van der Waals surface area contributed by atoms with E-state index in [1.807, 2.05) is 0 Å². The summed E-state index contributed by atoms with van der Waals surface area (Å²) in [6, 6.07) is 0.411. The number of hydrogen-bond donors (Lipinski definition) is 2. The van der Waals surface area contributed by atoms with Crippen LogP contribution >= 0.6 is 0 Å². The third-order valence-corrected chi connectivity index (χ3v) is 5.30. The summed E-state index contributed by atoms with van der Waals surface area (Å²) in [5.74, 6) is 2.56. The number of hydrogen-bond acceptors (Lipinski definition) is 2. The number of nitrogens with two attached hydrogens (primary N) is 1. The summed E-state index contributed by atoms with van der Waals surface area (Å²) in [6.07, 6.45) is 11.8. The highest BCUT2D eigenvalue weighted by molar-refractivity contribution is 5.75. The summed E-state index contributed by atoms with van der Waals surface area (Å²) in [5, 5.41) is 3.16. The SMILES string of the molecule is CC1CCCC(CNC(=O)CCC2CCC(N)CC2)C1. The zero-order valence-electron chi connectivity index (χ0n) is 13.1. The van der Waals surface area contributed by atoms with E-state index in [1.54, 1.807) is 0 Å². The second kappa shape index (κ2) is 8.02. The summed E-state index contributed by atoms with van der Waals surface area (Å²) in [7, 11) is 0. The van der Waals surface area contributed by atoms with Gasteiger partial charge in [0.05, 0.1) is 0 Å². The van der Waals surface area contributed by atoms with Crippen LogP contribution in [0.1, 0.15) is 71.1 Å². The predicted molar refractivity (Wildman–Crippen MR) is 83.3 cm³/mol. The van der Waals surface area contributed by atoms with E-state index in [1.165, 1.54) is 38.5 Å². The highest BCUT2D eigenvalue weighted by Crippen LogP contribution is 2.28. The molecule has 0 saturated heterocycles. The maximum atomic E-state index is 11.9. The Bertz CT molecular complexity index is 297. The molecule has 0 heterocycles. The zero-order valence-corrected chi connectivity index (χ0v) is 13.1. The van der Waals surface area contributed by atoms with Gasteiger partial charge < -0.3 is 11.1 Å². The Kier molecular flexibility index (Phi) is 6.34. The third-order valence-electron chi connectivity index (χ3n) is 5.30. The lowest BCUT2D eigenvalue weighted by Gasteiger charge is -2.27. The van der Waals surface area contributed by atoms with Crippen molar-refractivity contribution < 1.29 is 4.79 Å². The molecule has 116 valence electrons. The van der Waals surface area contributed by atoms with Crippen molar-refractivity contribution in [1.82, 2.24) is 5.32 Å². The molecule has 20 heavy (non-hydrogen) atoms. The molecule has 2 unspecified atom stereocenters. The topological polar surface area (TPSA) is 55.1 Å². The smallest absolute Gasteiger partial charge is 0.220 e. The predicted octanol–water partition coefficient (Wildman–Crippen LogP) is 3.23. The van der Waals surface area contributed by atoms with Crippen LogP contribution in [0, 0.1) is 17.8 Å². The van der Waals surface area contributed by atoms with Gasteiger partial charge in [-0.2, -0.15) is 0 Å². The largest absolute Gasteiger partial charge is 0.356 e. The van der Waals surface area contributed by atoms with Gasteiger partial charge in [-0.05, 0) is 62.7 Å². The molecule has 0 aromatic rings. The minimum Gasteiger partial charge on any atom is -0.356 e. The van der Waals surface area contributed by atoms with Gasteiger partial charge in [0.15, 0.2) is 0 Å². The van der Waals surface area contributed by atoms with Crippen molar-refractivity contribution in [2.75, 3.05) is 6.54 Å². The van der Waals surface area contributed by atoms with Gasteiger partial charge in [-0.25, -0.2) is 0 Å². The van der Waals surface area contributed by atoms with Gasteiger partial charge in [0, 0.05) is 19.0 Å². The average Bonchev–Trinajstić information content (AvgIpc) is 2.45. The van der Waals surface area contributed by atoms with Crippen LogP contribution in [-0.4, -0.2) is 18.5 Å². The van der Waals surface area contributed by atoms with Crippen molar-refractivity contribution in [2.24, 2.45) is 23.5 Å². The molecule has 3 heteroatoms. The Morgan fingerprint density at radius 2 is 1.85 bits per heavy atom. The average molecular weight is 280 g/mol.